The zero-order valence-corrected chi connectivity index (χ0v) is 14.4. The SMILES string of the molecule is C/C(=N/NC(N)=O)c1cnc2nnn(Cc3ccc4ncccc4c3)c2n1. The molecule has 0 atom stereocenters. The zero-order chi connectivity index (χ0) is 18.8. The maximum atomic E-state index is 10.8. The number of fused-ring (bicyclic) bond motifs is 2. The van der Waals surface area contributed by atoms with Crippen molar-refractivity contribution in [3.63, 3.8) is 0 Å². The highest BCUT2D eigenvalue weighted by atomic mass is 16.2. The van der Waals surface area contributed by atoms with Crippen molar-refractivity contribution in [3.8, 4) is 0 Å². The van der Waals surface area contributed by atoms with Gasteiger partial charge < -0.3 is 5.73 Å². The Morgan fingerprint density at radius 1 is 1.30 bits per heavy atom. The molecule has 3 heterocycles. The minimum atomic E-state index is -0.749. The summed E-state index contributed by atoms with van der Waals surface area (Å²) in [5, 5.41) is 13.1. The third-order valence-corrected chi connectivity index (χ3v) is 3.93. The molecule has 0 aliphatic carbocycles. The van der Waals surface area contributed by atoms with E-state index < -0.39 is 6.03 Å². The molecule has 0 bridgehead atoms. The van der Waals surface area contributed by atoms with Gasteiger partial charge in [-0.25, -0.2) is 24.9 Å². The van der Waals surface area contributed by atoms with E-state index in [2.05, 4.69) is 41.9 Å². The van der Waals surface area contributed by atoms with Gasteiger partial charge in [0.25, 0.3) is 0 Å². The Morgan fingerprint density at radius 3 is 3.04 bits per heavy atom. The fourth-order valence-corrected chi connectivity index (χ4v) is 2.63. The lowest BCUT2D eigenvalue weighted by Gasteiger charge is -2.05. The van der Waals surface area contributed by atoms with Gasteiger partial charge in [-0.2, -0.15) is 5.10 Å². The Kier molecular flexibility index (Phi) is 4.13. The van der Waals surface area contributed by atoms with Crippen molar-refractivity contribution in [1.29, 1.82) is 0 Å². The first-order valence-electron chi connectivity index (χ1n) is 8.10. The number of hydrazone groups is 1. The van der Waals surface area contributed by atoms with Gasteiger partial charge in [0.2, 0.25) is 5.65 Å². The number of benzene rings is 1. The minimum absolute atomic E-state index is 0.428. The molecule has 0 aliphatic rings. The molecule has 0 fully saturated rings. The van der Waals surface area contributed by atoms with Gasteiger partial charge >= 0.3 is 6.03 Å². The fourth-order valence-electron chi connectivity index (χ4n) is 2.63. The molecule has 4 rings (SSSR count). The monoisotopic (exact) mass is 361 g/mol. The largest absolute Gasteiger partial charge is 0.350 e. The van der Waals surface area contributed by atoms with Crippen molar-refractivity contribution in [2.75, 3.05) is 0 Å². The highest BCUT2D eigenvalue weighted by Crippen LogP contribution is 2.15. The molecule has 0 spiro atoms. The van der Waals surface area contributed by atoms with Gasteiger partial charge in [0.15, 0.2) is 5.65 Å². The molecular weight excluding hydrogens is 346 g/mol. The second-order valence-corrected chi connectivity index (χ2v) is 5.85. The Morgan fingerprint density at radius 2 is 2.19 bits per heavy atom. The van der Waals surface area contributed by atoms with Crippen LogP contribution in [0.3, 0.4) is 0 Å². The number of aromatic nitrogens is 6. The highest BCUT2D eigenvalue weighted by Gasteiger charge is 2.11. The standard InChI is InChI=1S/C17H15N9O/c1-10(22-24-17(18)27)14-8-20-15-16(21-14)26(25-23-15)9-11-4-5-13-12(7-11)3-2-6-19-13/h2-8H,9H2,1H3,(H3,18,24,27)/b22-10-. The number of pyridine rings is 1. The maximum absolute atomic E-state index is 10.8. The number of hydrogen-bond donors (Lipinski definition) is 2. The van der Waals surface area contributed by atoms with Crippen LogP contribution in [-0.4, -0.2) is 41.7 Å². The van der Waals surface area contributed by atoms with Crippen molar-refractivity contribution in [3.05, 3.63) is 54.0 Å². The van der Waals surface area contributed by atoms with Gasteiger partial charge in [0.05, 0.1) is 24.0 Å². The van der Waals surface area contributed by atoms with E-state index in [4.69, 9.17) is 5.73 Å². The number of amides is 2. The molecule has 0 unspecified atom stereocenters. The smallest absolute Gasteiger partial charge is 0.332 e. The predicted octanol–water partition coefficient (Wildman–Crippen LogP) is 1.21. The van der Waals surface area contributed by atoms with Gasteiger partial charge in [-0.1, -0.05) is 17.3 Å². The average Bonchev–Trinajstić information content (AvgIpc) is 3.08. The van der Waals surface area contributed by atoms with E-state index in [0.717, 1.165) is 16.5 Å². The molecule has 10 nitrogen and oxygen atoms in total. The summed E-state index contributed by atoms with van der Waals surface area (Å²) < 4.78 is 1.66. The number of hydrogen-bond acceptors (Lipinski definition) is 7. The molecule has 134 valence electrons. The number of rotatable bonds is 4. The topological polar surface area (TPSA) is 137 Å². The first kappa shape index (κ1) is 16.5. The second kappa shape index (κ2) is 6.75. The normalized spacial score (nSPS) is 11.8. The maximum Gasteiger partial charge on any atom is 0.332 e. The van der Waals surface area contributed by atoms with E-state index in [9.17, 15) is 4.79 Å². The number of urea groups is 1. The van der Waals surface area contributed by atoms with Crippen LogP contribution in [0.25, 0.3) is 22.2 Å². The third kappa shape index (κ3) is 3.40. The van der Waals surface area contributed by atoms with Crippen molar-refractivity contribution in [2.24, 2.45) is 10.8 Å². The van der Waals surface area contributed by atoms with Crippen molar-refractivity contribution in [1.82, 2.24) is 35.4 Å². The number of nitrogens with one attached hydrogen (secondary N) is 1. The summed E-state index contributed by atoms with van der Waals surface area (Å²) in [6, 6.07) is 9.17. The van der Waals surface area contributed by atoms with Gasteiger partial charge in [-0.05, 0) is 30.7 Å². The van der Waals surface area contributed by atoms with Crippen molar-refractivity contribution >= 4 is 33.9 Å². The summed E-state index contributed by atoms with van der Waals surface area (Å²) in [7, 11) is 0. The summed E-state index contributed by atoms with van der Waals surface area (Å²) in [6.07, 6.45) is 3.28. The Labute approximate surface area is 153 Å². The summed E-state index contributed by atoms with van der Waals surface area (Å²) in [6.45, 7) is 2.17. The van der Waals surface area contributed by atoms with Crippen molar-refractivity contribution in [2.45, 2.75) is 13.5 Å². The highest BCUT2D eigenvalue weighted by molar-refractivity contribution is 5.98. The number of primary amides is 1. The molecule has 0 radical (unpaired) electrons. The molecule has 1 aromatic carbocycles. The van der Waals surface area contributed by atoms with E-state index in [1.807, 2.05) is 24.3 Å². The van der Waals surface area contributed by atoms with Crippen LogP contribution < -0.4 is 11.2 Å². The van der Waals surface area contributed by atoms with Crippen molar-refractivity contribution < 1.29 is 4.79 Å². The number of carbonyl (C=O) groups is 1. The average molecular weight is 361 g/mol. The second-order valence-electron chi connectivity index (χ2n) is 5.85. The first-order valence-corrected chi connectivity index (χ1v) is 8.10. The molecule has 2 amide bonds. The fraction of sp³-hybridized carbons (Fsp3) is 0.118. The summed E-state index contributed by atoms with van der Waals surface area (Å²) >= 11 is 0. The molecule has 4 aromatic rings. The molecule has 3 aromatic heterocycles. The van der Waals surface area contributed by atoms with E-state index in [0.29, 0.717) is 29.2 Å². The first-order chi connectivity index (χ1) is 13.1. The van der Waals surface area contributed by atoms with Crippen LogP contribution in [0.4, 0.5) is 4.79 Å². The number of nitrogens with two attached hydrogens (primary N) is 1. The molecule has 0 saturated carbocycles. The molecule has 3 N–H and O–H groups in total. The third-order valence-electron chi connectivity index (χ3n) is 3.93. The van der Waals surface area contributed by atoms with Crippen LogP contribution in [0.1, 0.15) is 18.2 Å². The molecule has 27 heavy (non-hydrogen) atoms. The molecular formula is C17H15N9O. The van der Waals surface area contributed by atoms with Gasteiger partial charge in [-0.15, -0.1) is 5.10 Å². The molecule has 0 saturated heterocycles. The van der Waals surface area contributed by atoms with E-state index in [1.54, 1.807) is 17.8 Å². The summed E-state index contributed by atoms with van der Waals surface area (Å²) in [4.78, 5) is 23.9. The lowest BCUT2D eigenvalue weighted by molar-refractivity contribution is 0.249. The lowest BCUT2D eigenvalue weighted by Crippen LogP contribution is -2.25. The quantitative estimate of drug-likeness (QED) is 0.414. The Hall–Kier alpha value is -3.95. The van der Waals surface area contributed by atoms with E-state index in [1.165, 1.54) is 6.20 Å². The summed E-state index contributed by atoms with van der Waals surface area (Å²) in [5.74, 6) is 0. The minimum Gasteiger partial charge on any atom is -0.350 e. The Bertz CT molecular complexity index is 1180. The van der Waals surface area contributed by atoms with Gasteiger partial charge in [-0.3, -0.25) is 4.98 Å². The van der Waals surface area contributed by atoms with Crippen LogP contribution in [0.15, 0.2) is 47.8 Å². The van der Waals surface area contributed by atoms with Gasteiger partial charge in [0, 0.05) is 11.6 Å². The number of carbonyl (C=O) groups excluding carboxylic acids is 1. The molecule has 0 aliphatic heterocycles. The van der Waals surface area contributed by atoms with Crippen LogP contribution in [0.2, 0.25) is 0 Å². The zero-order valence-electron chi connectivity index (χ0n) is 14.4. The van der Waals surface area contributed by atoms with E-state index >= 15 is 0 Å². The Balaban J connectivity index is 1.67. The van der Waals surface area contributed by atoms with Gasteiger partial charge in [0.1, 0.15) is 5.69 Å². The lowest BCUT2D eigenvalue weighted by atomic mass is 10.1. The summed E-state index contributed by atoms with van der Waals surface area (Å²) in [5.41, 5.74) is 11.1. The molecule has 10 heteroatoms. The van der Waals surface area contributed by atoms with E-state index in [-0.39, 0.29) is 0 Å². The van der Waals surface area contributed by atoms with Crippen LogP contribution in [0, 0.1) is 0 Å². The number of nitrogens with zero attached hydrogens (tertiary/aromatic N) is 7. The van der Waals surface area contributed by atoms with Crippen LogP contribution >= 0.6 is 0 Å². The van der Waals surface area contributed by atoms with Crippen LogP contribution in [-0.2, 0) is 6.54 Å². The van der Waals surface area contributed by atoms with Crippen LogP contribution in [0.5, 0.6) is 0 Å². The predicted molar refractivity (Wildman–Crippen MR) is 98.9 cm³/mol.